The Hall–Kier alpha value is -1.72. The second-order valence-corrected chi connectivity index (χ2v) is 6.27. The van der Waals surface area contributed by atoms with Gasteiger partial charge in [-0.25, -0.2) is 4.98 Å². The Morgan fingerprint density at radius 2 is 1.95 bits per heavy atom. The van der Waals surface area contributed by atoms with Crippen molar-refractivity contribution < 1.29 is 4.79 Å². The van der Waals surface area contributed by atoms with E-state index in [1.807, 2.05) is 5.38 Å². The van der Waals surface area contributed by atoms with E-state index in [4.69, 9.17) is 5.73 Å². The molecule has 0 saturated heterocycles. The van der Waals surface area contributed by atoms with Gasteiger partial charge in [-0.2, -0.15) is 0 Å². The minimum Gasteiger partial charge on any atom is -0.330 e. The van der Waals surface area contributed by atoms with Gasteiger partial charge in [-0.15, -0.1) is 11.3 Å². The lowest BCUT2D eigenvalue weighted by atomic mass is 9.99. The van der Waals surface area contributed by atoms with Crippen molar-refractivity contribution >= 4 is 22.4 Å². The minimum atomic E-state index is -0.208. The summed E-state index contributed by atoms with van der Waals surface area (Å²) in [6, 6.07) is 4.31. The van der Waals surface area contributed by atoms with Crippen molar-refractivity contribution in [3.05, 3.63) is 34.2 Å². The zero-order chi connectivity index (χ0) is 15.6. The lowest BCUT2D eigenvalue weighted by Crippen LogP contribution is -2.26. The fraction of sp³-hybridized carbons (Fsp3) is 0.375. The number of aromatic nitrogens is 1. The number of nitrogens with one attached hydrogen (secondary N) is 1. The normalized spacial score (nSPS) is 12.2. The third kappa shape index (κ3) is 3.49. The standard InChI is InChI=1S/C16H21N3OS/c1-9-5-11(3)13(6-10(9)2)14-8-21-16(18-14)19-15(20)12(4)7-17/h5-6,8,12H,7,17H2,1-4H3,(H,18,19,20). The number of nitrogens with two attached hydrogens (primary N) is 1. The van der Waals surface area contributed by atoms with E-state index in [0.29, 0.717) is 11.7 Å². The quantitative estimate of drug-likeness (QED) is 0.911. The molecule has 0 aliphatic rings. The third-order valence-corrected chi connectivity index (χ3v) is 4.41. The van der Waals surface area contributed by atoms with E-state index in [0.717, 1.165) is 11.3 Å². The molecule has 1 aromatic carbocycles. The third-order valence-electron chi connectivity index (χ3n) is 3.65. The van der Waals surface area contributed by atoms with Crippen LogP contribution in [0.15, 0.2) is 17.5 Å². The predicted octanol–water partition coefficient (Wildman–Crippen LogP) is 3.27. The Morgan fingerprint density at radius 1 is 1.29 bits per heavy atom. The largest absolute Gasteiger partial charge is 0.330 e. The number of nitrogens with zero attached hydrogens (tertiary/aromatic N) is 1. The number of anilines is 1. The summed E-state index contributed by atoms with van der Waals surface area (Å²) in [7, 11) is 0. The average Bonchev–Trinajstić information content (AvgIpc) is 2.90. The van der Waals surface area contributed by atoms with Crippen molar-refractivity contribution in [1.82, 2.24) is 4.98 Å². The number of benzene rings is 1. The van der Waals surface area contributed by atoms with Gasteiger partial charge in [-0.05, 0) is 43.5 Å². The topological polar surface area (TPSA) is 68.0 Å². The summed E-state index contributed by atoms with van der Waals surface area (Å²) in [4.78, 5) is 16.3. The van der Waals surface area contributed by atoms with E-state index in [1.54, 1.807) is 6.92 Å². The van der Waals surface area contributed by atoms with Crippen LogP contribution in [-0.2, 0) is 4.79 Å². The van der Waals surface area contributed by atoms with Crippen molar-refractivity contribution in [3.63, 3.8) is 0 Å². The number of hydrogen-bond acceptors (Lipinski definition) is 4. The lowest BCUT2D eigenvalue weighted by Gasteiger charge is -2.08. The van der Waals surface area contributed by atoms with E-state index < -0.39 is 0 Å². The summed E-state index contributed by atoms with van der Waals surface area (Å²) in [6.45, 7) is 8.41. The Labute approximate surface area is 129 Å². The lowest BCUT2D eigenvalue weighted by molar-refractivity contribution is -0.119. The Kier molecular flexibility index (Phi) is 4.75. The highest BCUT2D eigenvalue weighted by atomic mass is 32.1. The van der Waals surface area contributed by atoms with Gasteiger partial charge in [0.05, 0.1) is 5.69 Å². The van der Waals surface area contributed by atoms with Gasteiger partial charge < -0.3 is 11.1 Å². The molecule has 3 N–H and O–H groups in total. The smallest absolute Gasteiger partial charge is 0.230 e. The van der Waals surface area contributed by atoms with E-state index in [1.165, 1.54) is 28.0 Å². The van der Waals surface area contributed by atoms with Crippen LogP contribution in [0.4, 0.5) is 5.13 Å². The molecule has 2 aromatic rings. The molecule has 21 heavy (non-hydrogen) atoms. The molecule has 0 bridgehead atoms. The van der Waals surface area contributed by atoms with E-state index in [9.17, 15) is 4.79 Å². The van der Waals surface area contributed by atoms with E-state index in [2.05, 4.69) is 43.2 Å². The Morgan fingerprint density at radius 3 is 2.62 bits per heavy atom. The van der Waals surface area contributed by atoms with Gasteiger partial charge in [-0.3, -0.25) is 4.79 Å². The highest BCUT2D eigenvalue weighted by Crippen LogP contribution is 2.29. The highest BCUT2D eigenvalue weighted by molar-refractivity contribution is 7.14. The number of thiazole rings is 1. The molecule has 4 nitrogen and oxygen atoms in total. The molecule has 0 aliphatic carbocycles. The van der Waals surface area contributed by atoms with Crippen LogP contribution in [0.3, 0.4) is 0 Å². The summed E-state index contributed by atoms with van der Waals surface area (Å²) in [6.07, 6.45) is 0. The van der Waals surface area contributed by atoms with Crippen LogP contribution in [0.2, 0.25) is 0 Å². The molecule has 0 aliphatic heterocycles. The van der Waals surface area contributed by atoms with Gasteiger partial charge in [0.2, 0.25) is 5.91 Å². The first-order valence-electron chi connectivity index (χ1n) is 6.97. The summed E-state index contributed by atoms with van der Waals surface area (Å²) >= 11 is 1.44. The molecular formula is C16H21N3OS. The van der Waals surface area contributed by atoms with Crippen LogP contribution < -0.4 is 11.1 Å². The number of carbonyl (C=O) groups excluding carboxylic acids is 1. The van der Waals surface area contributed by atoms with E-state index >= 15 is 0 Å². The number of carbonyl (C=O) groups is 1. The van der Waals surface area contributed by atoms with Gasteiger partial charge in [0.25, 0.3) is 0 Å². The number of rotatable bonds is 4. The van der Waals surface area contributed by atoms with Crippen molar-refractivity contribution in [2.45, 2.75) is 27.7 Å². The average molecular weight is 303 g/mol. The van der Waals surface area contributed by atoms with Crippen molar-refractivity contribution in [2.75, 3.05) is 11.9 Å². The van der Waals surface area contributed by atoms with E-state index in [-0.39, 0.29) is 11.8 Å². The van der Waals surface area contributed by atoms with Gasteiger partial charge in [-0.1, -0.05) is 13.0 Å². The SMILES string of the molecule is Cc1cc(C)c(-c2csc(NC(=O)C(C)CN)n2)cc1C. The zero-order valence-electron chi connectivity index (χ0n) is 12.9. The van der Waals surface area contributed by atoms with Crippen LogP contribution in [0.1, 0.15) is 23.6 Å². The Bertz CT molecular complexity index is 664. The molecule has 0 saturated carbocycles. The molecule has 1 unspecified atom stereocenters. The summed E-state index contributed by atoms with van der Waals surface area (Å²) in [5.41, 5.74) is 11.2. The molecule has 1 atom stereocenters. The molecular weight excluding hydrogens is 282 g/mol. The monoisotopic (exact) mass is 303 g/mol. The van der Waals surface area contributed by atoms with Crippen molar-refractivity contribution in [2.24, 2.45) is 11.7 Å². The van der Waals surface area contributed by atoms with Gasteiger partial charge >= 0.3 is 0 Å². The maximum Gasteiger partial charge on any atom is 0.230 e. The molecule has 2 rings (SSSR count). The van der Waals surface area contributed by atoms with Crippen molar-refractivity contribution in [3.8, 4) is 11.3 Å². The Balaban J connectivity index is 2.24. The molecule has 5 heteroatoms. The highest BCUT2D eigenvalue weighted by Gasteiger charge is 2.14. The molecule has 112 valence electrons. The molecule has 1 aromatic heterocycles. The first kappa shape index (κ1) is 15.7. The zero-order valence-corrected chi connectivity index (χ0v) is 13.7. The van der Waals surface area contributed by atoms with Crippen molar-refractivity contribution in [1.29, 1.82) is 0 Å². The first-order valence-corrected chi connectivity index (χ1v) is 7.85. The van der Waals surface area contributed by atoms with Crippen LogP contribution >= 0.6 is 11.3 Å². The van der Waals surface area contributed by atoms with Crippen LogP contribution in [0.5, 0.6) is 0 Å². The summed E-state index contributed by atoms with van der Waals surface area (Å²) < 4.78 is 0. The summed E-state index contributed by atoms with van der Waals surface area (Å²) in [5, 5.41) is 5.41. The van der Waals surface area contributed by atoms with Crippen LogP contribution in [0, 0.1) is 26.7 Å². The van der Waals surface area contributed by atoms with Gasteiger partial charge in [0.15, 0.2) is 5.13 Å². The molecule has 1 heterocycles. The fourth-order valence-corrected chi connectivity index (χ4v) is 2.74. The maximum atomic E-state index is 11.8. The number of aryl methyl sites for hydroxylation is 3. The summed E-state index contributed by atoms with van der Waals surface area (Å²) in [5.74, 6) is -0.295. The fourth-order valence-electron chi connectivity index (χ4n) is 2.03. The maximum absolute atomic E-state index is 11.8. The molecule has 1 amide bonds. The minimum absolute atomic E-state index is 0.0878. The predicted molar refractivity (Wildman–Crippen MR) is 88.6 cm³/mol. The second kappa shape index (κ2) is 6.37. The number of amides is 1. The first-order chi connectivity index (χ1) is 9.92. The van der Waals surface area contributed by atoms with Gasteiger partial charge in [0, 0.05) is 23.4 Å². The molecule has 0 spiro atoms. The van der Waals surface area contributed by atoms with Gasteiger partial charge in [0.1, 0.15) is 0 Å². The number of hydrogen-bond donors (Lipinski definition) is 2. The second-order valence-electron chi connectivity index (χ2n) is 5.42. The molecule has 0 fully saturated rings. The molecule has 0 radical (unpaired) electrons. The van der Waals surface area contributed by atoms with Crippen LogP contribution in [0.25, 0.3) is 11.3 Å². The van der Waals surface area contributed by atoms with Crippen LogP contribution in [-0.4, -0.2) is 17.4 Å².